The van der Waals surface area contributed by atoms with E-state index in [0.29, 0.717) is 16.3 Å². The second kappa shape index (κ2) is 7.30. The number of benzene rings is 2. The maximum atomic E-state index is 12.7. The number of anilines is 2. The molecule has 0 atom stereocenters. The Morgan fingerprint density at radius 3 is 2.54 bits per heavy atom. The first-order chi connectivity index (χ1) is 13.0. The van der Waals surface area contributed by atoms with Gasteiger partial charge in [-0.2, -0.15) is 5.10 Å². The Hall–Kier alpha value is -2.24. The van der Waals surface area contributed by atoms with E-state index >= 15 is 0 Å². The van der Waals surface area contributed by atoms with E-state index in [9.17, 15) is 13.2 Å². The Morgan fingerprint density at radius 1 is 1.25 bits per heavy atom. The van der Waals surface area contributed by atoms with Crippen molar-refractivity contribution in [3.05, 3.63) is 52.0 Å². The van der Waals surface area contributed by atoms with Crippen LogP contribution < -0.4 is 20.8 Å². The van der Waals surface area contributed by atoms with Gasteiger partial charge in [-0.05, 0) is 42.5 Å². The molecule has 2 aromatic carbocycles. The van der Waals surface area contributed by atoms with Gasteiger partial charge in [0.15, 0.2) is 10.8 Å². The highest BCUT2D eigenvalue weighted by Crippen LogP contribution is 2.38. The first kappa shape index (κ1) is 20.5. The van der Waals surface area contributed by atoms with Crippen LogP contribution >= 0.6 is 35.4 Å². The van der Waals surface area contributed by atoms with E-state index in [4.69, 9.17) is 46.3 Å². The molecule has 0 fully saturated rings. The van der Waals surface area contributed by atoms with Crippen molar-refractivity contribution in [2.45, 2.75) is 4.90 Å². The number of nitrogens with zero attached hydrogens (tertiary/aromatic N) is 3. The zero-order chi connectivity index (χ0) is 20.8. The Bertz CT molecular complexity index is 1150. The molecule has 2 aromatic rings. The number of hydrogen-bond acceptors (Lipinski definition) is 5. The number of sulfonamides is 1. The number of amides is 1. The third kappa shape index (κ3) is 3.69. The molecule has 3 rings (SSSR count). The average Bonchev–Trinajstić information content (AvgIpc) is 2.82. The lowest BCUT2D eigenvalue weighted by Crippen LogP contribution is -2.34. The van der Waals surface area contributed by atoms with Gasteiger partial charge >= 0.3 is 0 Å². The van der Waals surface area contributed by atoms with Gasteiger partial charge in [-0.1, -0.05) is 29.3 Å². The van der Waals surface area contributed by atoms with Gasteiger partial charge < -0.3 is 10.6 Å². The summed E-state index contributed by atoms with van der Waals surface area (Å²) in [5.41, 5.74) is 6.80. The highest BCUT2D eigenvalue weighted by molar-refractivity contribution is 7.89. The smallest absolute Gasteiger partial charge is 0.279 e. The van der Waals surface area contributed by atoms with Crippen LogP contribution in [0.5, 0.6) is 0 Å². The molecule has 12 heteroatoms. The van der Waals surface area contributed by atoms with E-state index in [1.165, 1.54) is 42.3 Å². The number of likely N-dealkylation sites (N-methyl/N-ethyl adjacent to an activating group) is 1. The molecule has 8 nitrogen and oxygen atoms in total. The molecule has 0 saturated carbocycles. The SMILES string of the molecule is CN1C(=O)/C(=N\N(C(N)=S)c2cccc(S(N)(=O)=O)c2)c2cc(Cl)cc(Cl)c21. The lowest BCUT2D eigenvalue weighted by molar-refractivity contribution is -0.111. The monoisotopic (exact) mass is 457 g/mol. The van der Waals surface area contributed by atoms with Crippen molar-refractivity contribution in [1.82, 2.24) is 0 Å². The van der Waals surface area contributed by atoms with Gasteiger partial charge in [0.25, 0.3) is 5.91 Å². The molecule has 1 aliphatic heterocycles. The van der Waals surface area contributed by atoms with Crippen LogP contribution in [0.25, 0.3) is 0 Å². The molecule has 1 amide bonds. The number of carbonyl (C=O) groups excluding carboxylic acids is 1. The minimum Gasteiger partial charge on any atom is -0.374 e. The zero-order valence-electron chi connectivity index (χ0n) is 14.3. The fourth-order valence-electron chi connectivity index (χ4n) is 2.69. The van der Waals surface area contributed by atoms with Crippen LogP contribution in [0.2, 0.25) is 10.0 Å². The lowest BCUT2D eigenvalue weighted by Gasteiger charge is -2.18. The van der Waals surface area contributed by atoms with E-state index in [1.807, 2.05) is 0 Å². The molecule has 146 valence electrons. The first-order valence-electron chi connectivity index (χ1n) is 7.59. The number of nitrogens with two attached hydrogens (primary N) is 2. The third-order valence-electron chi connectivity index (χ3n) is 3.93. The van der Waals surface area contributed by atoms with Gasteiger partial charge in [0, 0.05) is 17.6 Å². The number of carbonyl (C=O) groups is 1. The van der Waals surface area contributed by atoms with Gasteiger partial charge in [0.05, 0.1) is 21.3 Å². The Labute approximate surface area is 176 Å². The summed E-state index contributed by atoms with van der Waals surface area (Å²) in [4.78, 5) is 13.9. The molecule has 4 N–H and O–H groups in total. The molecule has 0 unspecified atom stereocenters. The van der Waals surface area contributed by atoms with Crippen LogP contribution in [0.4, 0.5) is 11.4 Å². The predicted octanol–water partition coefficient (Wildman–Crippen LogP) is 2.07. The quantitative estimate of drug-likeness (QED) is 0.537. The number of fused-ring (bicyclic) bond motifs is 1. The third-order valence-corrected chi connectivity index (χ3v) is 5.52. The molecule has 0 aromatic heterocycles. The molecule has 0 spiro atoms. The molecule has 1 heterocycles. The minimum absolute atomic E-state index is 0.00397. The van der Waals surface area contributed by atoms with Crippen molar-refractivity contribution in [3.63, 3.8) is 0 Å². The highest BCUT2D eigenvalue weighted by Gasteiger charge is 2.35. The molecule has 0 saturated heterocycles. The first-order valence-corrected chi connectivity index (χ1v) is 10.3. The standard InChI is InChI=1S/C16H13Cl2N5O3S2/c1-22-14-11(5-8(17)6-12(14)18)13(15(22)24)21-23(16(19)27)9-3-2-4-10(7-9)28(20,25)26/h2-7H,1H3,(H2,19,27)(H2,20,25,26)/b21-13-. The number of hydrazone groups is 1. The van der Waals surface area contributed by atoms with Crippen molar-refractivity contribution in [1.29, 1.82) is 0 Å². The summed E-state index contributed by atoms with van der Waals surface area (Å²) in [6.45, 7) is 0. The van der Waals surface area contributed by atoms with Crippen LogP contribution in [0, 0.1) is 0 Å². The number of hydrogen-bond donors (Lipinski definition) is 2. The molecular weight excluding hydrogens is 445 g/mol. The van der Waals surface area contributed by atoms with Crippen molar-refractivity contribution in [2.75, 3.05) is 17.0 Å². The van der Waals surface area contributed by atoms with E-state index < -0.39 is 15.9 Å². The second-order valence-corrected chi connectivity index (χ2v) is 8.61. The van der Waals surface area contributed by atoms with Crippen LogP contribution in [-0.4, -0.2) is 32.2 Å². The van der Waals surface area contributed by atoms with Crippen LogP contribution in [0.1, 0.15) is 5.56 Å². The van der Waals surface area contributed by atoms with Crippen LogP contribution in [0.15, 0.2) is 46.4 Å². The molecule has 28 heavy (non-hydrogen) atoms. The van der Waals surface area contributed by atoms with Crippen molar-refractivity contribution < 1.29 is 13.2 Å². The molecule has 0 aliphatic carbocycles. The van der Waals surface area contributed by atoms with E-state index in [1.54, 1.807) is 6.07 Å². The minimum atomic E-state index is -3.96. The average molecular weight is 458 g/mol. The lowest BCUT2D eigenvalue weighted by atomic mass is 10.1. The van der Waals surface area contributed by atoms with Crippen molar-refractivity contribution in [3.8, 4) is 0 Å². The largest absolute Gasteiger partial charge is 0.374 e. The van der Waals surface area contributed by atoms with Crippen LogP contribution in [0.3, 0.4) is 0 Å². The summed E-state index contributed by atoms with van der Waals surface area (Å²) < 4.78 is 23.2. The van der Waals surface area contributed by atoms with Gasteiger partial charge in [0.2, 0.25) is 10.0 Å². The maximum Gasteiger partial charge on any atom is 0.279 e. The second-order valence-electron chi connectivity index (χ2n) is 5.79. The van der Waals surface area contributed by atoms with Gasteiger partial charge in [-0.15, -0.1) is 0 Å². The number of primary sulfonamides is 1. The summed E-state index contributed by atoms with van der Waals surface area (Å²) in [5.74, 6) is -0.456. The number of thiocarbonyl (C=S) groups is 1. The summed E-state index contributed by atoms with van der Waals surface area (Å²) in [5, 5.41) is 10.9. The van der Waals surface area contributed by atoms with Gasteiger partial charge in [-0.3, -0.25) is 4.79 Å². The highest BCUT2D eigenvalue weighted by atomic mass is 35.5. The van der Waals surface area contributed by atoms with Crippen molar-refractivity contribution in [2.24, 2.45) is 16.0 Å². The fourth-order valence-corrected chi connectivity index (χ4v) is 4.01. The summed E-state index contributed by atoms with van der Waals surface area (Å²) in [6, 6.07) is 8.58. The molecule has 0 radical (unpaired) electrons. The Morgan fingerprint density at radius 2 is 1.93 bits per heavy atom. The topological polar surface area (TPSA) is 122 Å². The van der Waals surface area contributed by atoms with Crippen LogP contribution in [-0.2, 0) is 14.8 Å². The predicted molar refractivity (Wildman–Crippen MR) is 113 cm³/mol. The normalized spacial score (nSPS) is 15.1. The molecule has 0 bridgehead atoms. The summed E-state index contributed by atoms with van der Waals surface area (Å²) >= 11 is 17.3. The van der Waals surface area contributed by atoms with E-state index in [0.717, 1.165) is 5.01 Å². The maximum absolute atomic E-state index is 12.7. The van der Waals surface area contributed by atoms with Crippen molar-refractivity contribution >= 4 is 73.5 Å². The van der Waals surface area contributed by atoms with Gasteiger partial charge in [-0.25, -0.2) is 18.6 Å². The Balaban J connectivity index is 2.18. The zero-order valence-corrected chi connectivity index (χ0v) is 17.4. The van der Waals surface area contributed by atoms with E-state index in [2.05, 4.69) is 5.10 Å². The summed E-state index contributed by atoms with van der Waals surface area (Å²) in [6.07, 6.45) is 0. The van der Waals surface area contributed by atoms with E-state index in [-0.39, 0.29) is 26.4 Å². The summed E-state index contributed by atoms with van der Waals surface area (Å²) in [7, 11) is -2.42. The number of rotatable bonds is 3. The molecular formula is C16H13Cl2N5O3S2. The number of halogens is 2. The fraction of sp³-hybridized carbons (Fsp3) is 0.0625. The Kier molecular flexibility index (Phi) is 5.34. The molecule has 1 aliphatic rings. The van der Waals surface area contributed by atoms with Gasteiger partial charge in [0.1, 0.15) is 0 Å².